The second kappa shape index (κ2) is 9.37. The monoisotopic (exact) mass is 572 g/mol. The number of sulfone groups is 1. The fourth-order valence-electron chi connectivity index (χ4n) is 4.92. The number of aromatic nitrogens is 2. The molecule has 0 aliphatic rings. The number of nitrogens with zero attached hydrogens (tertiary/aromatic N) is 1. The van der Waals surface area contributed by atoms with Crippen LogP contribution in [0.4, 0.5) is 0 Å². The standard InChI is InChI=1S/C30H24N2O6S2/c1-38-23-17-16-22-19-29(32(27(22)20-23)40(36,37)25-13-6-3-7-14-25)30(33,39(34,35)24-11-4-2-5-12-24)28-18-21-10-8-9-15-26(21)31-28/h2-20,31,33H,1H3. The van der Waals surface area contributed by atoms with Crippen LogP contribution in [0.15, 0.2) is 125 Å². The van der Waals surface area contributed by atoms with E-state index in [0.717, 1.165) is 3.97 Å². The number of nitrogens with one attached hydrogen (secondary N) is 1. The predicted octanol–water partition coefficient (Wildman–Crippen LogP) is 5.04. The minimum atomic E-state index is -4.67. The van der Waals surface area contributed by atoms with Gasteiger partial charge >= 0.3 is 0 Å². The van der Waals surface area contributed by atoms with Gasteiger partial charge in [0, 0.05) is 17.0 Å². The zero-order valence-corrected chi connectivity index (χ0v) is 22.9. The summed E-state index contributed by atoms with van der Waals surface area (Å²) in [6, 6.07) is 29.9. The third-order valence-corrected chi connectivity index (χ3v) is 10.8. The lowest BCUT2D eigenvalue weighted by atomic mass is 10.1. The SMILES string of the molecule is COc1ccc2cc(C(O)(c3cc4ccccc4[nH]3)S(=O)(=O)c3ccccc3)n(S(=O)(=O)c3ccccc3)c2c1. The van der Waals surface area contributed by atoms with Crippen LogP contribution in [-0.4, -0.2) is 38.0 Å². The number of aromatic amines is 1. The first-order valence-electron chi connectivity index (χ1n) is 12.3. The molecule has 0 saturated carbocycles. The normalized spacial score (nSPS) is 13.8. The molecule has 0 spiro atoms. The van der Waals surface area contributed by atoms with E-state index < -0.39 is 24.8 Å². The summed E-state index contributed by atoms with van der Waals surface area (Å²) in [5.74, 6) is 0.363. The van der Waals surface area contributed by atoms with Gasteiger partial charge in [-0.05, 0) is 60.0 Å². The Hall–Kier alpha value is -4.38. The van der Waals surface area contributed by atoms with E-state index in [1.54, 1.807) is 72.8 Å². The molecule has 202 valence electrons. The van der Waals surface area contributed by atoms with Crippen LogP contribution >= 0.6 is 0 Å². The molecule has 0 aliphatic carbocycles. The lowest BCUT2D eigenvalue weighted by Gasteiger charge is -2.28. The molecule has 40 heavy (non-hydrogen) atoms. The largest absolute Gasteiger partial charge is 0.497 e. The minimum absolute atomic E-state index is 0.0762. The van der Waals surface area contributed by atoms with E-state index >= 15 is 0 Å². The van der Waals surface area contributed by atoms with Crippen LogP contribution in [0.2, 0.25) is 0 Å². The molecule has 8 nitrogen and oxygen atoms in total. The Morgan fingerprint density at radius 1 is 0.725 bits per heavy atom. The van der Waals surface area contributed by atoms with Gasteiger partial charge in [-0.1, -0.05) is 54.6 Å². The molecule has 10 heteroatoms. The number of para-hydroxylation sites is 1. The number of hydrogen-bond donors (Lipinski definition) is 2. The number of rotatable bonds is 7. The van der Waals surface area contributed by atoms with Crippen LogP contribution in [0.1, 0.15) is 11.4 Å². The second-order valence-electron chi connectivity index (χ2n) is 9.27. The van der Waals surface area contributed by atoms with Gasteiger partial charge in [0.15, 0.2) is 0 Å². The van der Waals surface area contributed by atoms with Gasteiger partial charge in [0.05, 0.1) is 33.8 Å². The maximum Gasteiger partial charge on any atom is 0.268 e. The number of fused-ring (bicyclic) bond motifs is 2. The third-order valence-electron chi connectivity index (χ3n) is 6.93. The van der Waals surface area contributed by atoms with Crippen molar-refractivity contribution in [3.05, 3.63) is 127 Å². The van der Waals surface area contributed by atoms with E-state index in [1.165, 1.54) is 49.6 Å². The molecule has 0 saturated heterocycles. The summed E-state index contributed by atoms with van der Waals surface area (Å²) in [7, 11) is -7.65. The van der Waals surface area contributed by atoms with Crippen molar-refractivity contribution in [3.63, 3.8) is 0 Å². The molecule has 6 aromatic rings. The van der Waals surface area contributed by atoms with Crippen molar-refractivity contribution in [2.75, 3.05) is 7.11 Å². The summed E-state index contributed by atoms with van der Waals surface area (Å²) < 4.78 is 63.6. The van der Waals surface area contributed by atoms with Gasteiger partial charge in [-0.25, -0.2) is 20.8 Å². The quantitative estimate of drug-likeness (QED) is 0.277. The second-order valence-corrected chi connectivity index (χ2v) is 13.1. The van der Waals surface area contributed by atoms with Gasteiger partial charge < -0.3 is 14.8 Å². The van der Waals surface area contributed by atoms with Crippen molar-refractivity contribution < 1.29 is 26.7 Å². The molecule has 1 unspecified atom stereocenters. The Morgan fingerprint density at radius 2 is 1.35 bits per heavy atom. The molecule has 0 aliphatic heterocycles. The first kappa shape index (κ1) is 25.9. The van der Waals surface area contributed by atoms with E-state index in [-0.39, 0.29) is 26.7 Å². The highest BCUT2D eigenvalue weighted by atomic mass is 32.2. The Labute approximate surface area is 231 Å². The van der Waals surface area contributed by atoms with Crippen LogP contribution < -0.4 is 4.74 Å². The van der Waals surface area contributed by atoms with Crippen LogP contribution in [0.5, 0.6) is 5.75 Å². The Morgan fingerprint density at radius 3 is 2.00 bits per heavy atom. The van der Waals surface area contributed by atoms with E-state index in [1.807, 2.05) is 0 Å². The predicted molar refractivity (Wildman–Crippen MR) is 152 cm³/mol. The van der Waals surface area contributed by atoms with Crippen molar-refractivity contribution in [3.8, 4) is 5.75 Å². The summed E-state index contributed by atoms with van der Waals surface area (Å²) in [6.45, 7) is 0. The van der Waals surface area contributed by atoms with E-state index in [0.29, 0.717) is 22.0 Å². The fraction of sp³-hybridized carbons (Fsp3) is 0.0667. The maximum absolute atomic E-state index is 14.4. The number of aliphatic hydroxyl groups is 1. The number of hydrogen-bond acceptors (Lipinski definition) is 6. The van der Waals surface area contributed by atoms with E-state index in [2.05, 4.69) is 4.98 Å². The first-order valence-corrected chi connectivity index (χ1v) is 15.2. The van der Waals surface area contributed by atoms with Crippen LogP contribution in [-0.2, 0) is 24.8 Å². The fourth-order valence-corrected chi connectivity index (χ4v) is 8.23. The summed E-state index contributed by atoms with van der Waals surface area (Å²) in [5.41, 5.74) is 0.261. The van der Waals surface area contributed by atoms with E-state index in [9.17, 15) is 21.9 Å². The van der Waals surface area contributed by atoms with Gasteiger partial charge in [0.25, 0.3) is 15.0 Å². The first-order chi connectivity index (χ1) is 19.2. The van der Waals surface area contributed by atoms with E-state index in [4.69, 9.17) is 4.74 Å². The number of methoxy groups -OCH3 is 1. The van der Waals surface area contributed by atoms with Crippen molar-refractivity contribution in [1.82, 2.24) is 8.96 Å². The Kier molecular flexibility index (Phi) is 6.06. The molecule has 1 atom stereocenters. The molecule has 0 fully saturated rings. The zero-order chi connectivity index (χ0) is 28.1. The van der Waals surface area contributed by atoms with Crippen molar-refractivity contribution >= 4 is 41.7 Å². The maximum atomic E-state index is 14.4. The molecule has 0 bridgehead atoms. The van der Waals surface area contributed by atoms with Crippen molar-refractivity contribution in [1.29, 1.82) is 0 Å². The lowest BCUT2D eigenvalue weighted by Crippen LogP contribution is -2.40. The average Bonchev–Trinajstić information content (AvgIpc) is 3.60. The molecule has 4 aromatic carbocycles. The highest BCUT2D eigenvalue weighted by Crippen LogP contribution is 2.44. The molecule has 2 aromatic heterocycles. The molecular weight excluding hydrogens is 548 g/mol. The van der Waals surface area contributed by atoms with Crippen LogP contribution in [0, 0.1) is 0 Å². The summed E-state index contributed by atoms with van der Waals surface area (Å²) in [6.07, 6.45) is 0. The molecule has 2 heterocycles. The van der Waals surface area contributed by atoms with Crippen LogP contribution in [0.25, 0.3) is 21.8 Å². The molecule has 6 rings (SSSR count). The smallest absolute Gasteiger partial charge is 0.268 e. The molecule has 0 amide bonds. The summed E-state index contributed by atoms with van der Waals surface area (Å²) in [5, 5.41) is 13.7. The third kappa shape index (κ3) is 3.83. The van der Waals surface area contributed by atoms with Gasteiger partial charge in [-0.2, -0.15) is 0 Å². The molecule has 2 N–H and O–H groups in total. The number of H-pyrrole nitrogens is 1. The Bertz CT molecular complexity index is 2050. The lowest BCUT2D eigenvalue weighted by molar-refractivity contribution is 0.157. The number of benzene rings is 4. The van der Waals surface area contributed by atoms with Crippen molar-refractivity contribution in [2.45, 2.75) is 14.7 Å². The van der Waals surface area contributed by atoms with Gasteiger partial charge in [-0.15, -0.1) is 0 Å². The van der Waals surface area contributed by atoms with Gasteiger partial charge in [0.1, 0.15) is 5.75 Å². The van der Waals surface area contributed by atoms with Gasteiger partial charge in [0.2, 0.25) is 9.84 Å². The topological polar surface area (TPSA) is 118 Å². The highest BCUT2D eigenvalue weighted by molar-refractivity contribution is 7.92. The molecular formula is C30H24N2O6S2. The minimum Gasteiger partial charge on any atom is -0.497 e. The average molecular weight is 573 g/mol. The highest BCUT2D eigenvalue weighted by Gasteiger charge is 2.51. The summed E-state index contributed by atoms with van der Waals surface area (Å²) >= 11 is 0. The Balaban J connectivity index is 1.77. The summed E-state index contributed by atoms with van der Waals surface area (Å²) in [4.78, 5) is -0.0662. The molecule has 0 radical (unpaired) electrons. The zero-order valence-electron chi connectivity index (χ0n) is 21.2. The van der Waals surface area contributed by atoms with Crippen LogP contribution in [0.3, 0.4) is 0 Å². The van der Waals surface area contributed by atoms with Crippen molar-refractivity contribution in [2.24, 2.45) is 0 Å². The van der Waals surface area contributed by atoms with Gasteiger partial charge in [-0.3, -0.25) is 0 Å². The number of ether oxygens (including phenoxy) is 1.